The number of rotatable bonds is 4. The van der Waals surface area contributed by atoms with Gasteiger partial charge in [0.2, 0.25) is 0 Å². The Morgan fingerprint density at radius 1 is 0.784 bits per heavy atom. The van der Waals surface area contributed by atoms with Crippen LogP contribution in [0, 0.1) is 5.82 Å². The number of nitrogens with zero attached hydrogens (tertiary/aromatic N) is 2. The summed E-state index contributed by atoms with van der Waals surface area (Å²) in [7, 11) is 0. The van der Waals surface area contributed by atoms with E-state index in [9.17, 15) is 4.79 Å². The van der Waals surface area contributed by atoms with Crippen molar-refractivity contribution in [3.05, 3.63) is 137 Å². The number of hydrogen-bond acceptors (Lipinski definition) is 2. The molecule has 37 heavy (non-hydrogen) atoms. The van der Waals surface area contributed by atoms with Gasteiger partial charge in [-0.3, -0.25) is 9.69 Å². The van der Waals surface area contributed by atoms with Crippen LogP contribution in [0.1, 0.15) is 27.9 Å². The Labute approximate surface area is 215 Å². The van der Waals surface area contributed by atoms with Crippen LogP contribution in [0.25, 0.3) is 10.9 Å². The van der Waals surface area contributed by atoms with E-state index in [1.165, 1.54) is 6.07 Å². The fourth-order valence-corrected chi connectivity index (χ4v) is 6.30. The molecular formula is C32H26FN3O. The highest BCUT2D eigenvalue weighted by molar-refractivity contribution is 6.11. The van der Waals surface area contributed by atoms with Crippen molar-refractivity contribution in [3.63, 3.8) is 0 Å². The summed E-state index contributed by atoms with van der Waals surface area (Å²) in [4.78, 5) is 22.4. The molecule has 0 radical (unpaired) electrons. The Kier molecular flexibility index (Phi) is 5.01. The zero-order chi connectivity index (χ0) is 25.0. The molecule has 5 heteroatoms. The number of aromatic amines is 1. The van der Waals surface area contributed by atoms with E-state index in [4.69, 9.17) is 0 Å². The van der Waals surface area contributed by atoms with Crippen molar-refractivity contribution in [2.45, 2.75) is 25.0 Å². The molecule has 7 rings (SSSR count). The zero-order valence-electron chi connectivity index (χ0n) is 20.3. The summed E-state index contributed by atoms with van der Waals surface area (Å²) in [6.45, 7) is 1.57. The third-order valence-electron chi connectivity index (χ3n) is 7.88. The Balaban J connectivity index is 1.49. The summed E-state index contributed by atoms with van der Waals surface area (Å²) in [6.07, 6.45) is 0.810. The molecule has 5 aromatic rings. The SMILES string of the molecule is O=C1N(Cc2ccccc2)c2c(F)cccc2[C@]12c1[nH]c3ccccc3c1CCN2Cc1ccccc1. The van der Waals surface area contributed by atoms with Gasteiger partial charge < -0.3 is 9.88 Å². The van der Waals surface area contributed by atoms with Crippen LogP contribution in [0.3, 0.4) is 0 Å². The first kappa shape index (κ1) is 22.0. The topological polar surface area (TPSA) is 39.3 Å². The number of aromatic nitrogens is 1. The van der Waals surface area contributed by atoms with Crippen molar-refractivity contribution in [2.75, 3.05) is 11.4 Å². The van der Waals surface area contributed by atoms with Gasteiger partial charge in [-0.2, -0.15) is 0 Å². The normalized spacial score (nSPS) is 18.9. The lowest BCUT2D eigenvalue weighted by Gasteiger charge is -2.43. The first-order valence-electron chi connectivity index (χ1n) is 12.7. The van der Waals surface area contributed by atoms with Gasteiger partial charge in [-0.1, -0.05) is 91.0 Å². The second kappa shape index (κ2) is 8.43. The van der Waals surface area contributed by atoms with Crippen molar-refractivity contribution >= 4 is 22.5 Å². The lowest BCUT2D eigenvalue weighted by atomic mass is 9.79. The zero-order valence-corrected chi connectivity index (χ0v) is 20.3. The molecule has 0 saturated heterocycles. The molecule has 1 N–H and O–H groups in total. The van der Waals surface area contributed by atoms with Crippen molar-refractivity contribution in [2.24, 2.45) is 0 Å². The van der Waals surface area contributed by atoms with Gasteiger partial charge in [-0.15, -0.1) is 0 Å². The highest BCUT2D eigenvalue weighted by Gasteiger charge is 2.59. The minimum Gasteiger partial charge on any atom is -0.356 e. The first-order chi connectivity index (χ1) is 18.2. The van der Waals surface area contributed by atoms with Gasteiger partial charge in [0.1, 0.15) is 5.82 Å². The van der Waals surface area contributed by atoms with E-state index in [2.05, 4.69) is 34.1 Å². The van der Waals surface area contributed by atoms with Crippen LogP contribution >= 0.6 is 0 Å². The lowest BCUT2D eigenvalue weighted by Crippen LogP contribution is -2.56. The Hall–Kier alpha value is -4.22. The van der Waals surface area contributed by atoms with Crippen LogP contribution in [0.5, 0.6) is 0 Å². The number of amides is 1. The van der Waals surface area contributed by atoms with Crippen molar-refractivity contribution in [1.82, 2.24) is 9.88 Å². The second-order valence-corrected chi connectivity index (χ2v) is 9.90. The summed E-state index contributed by atoms with van der Waals surface area (Å²) in [5, 5.41) is 1.13. The molecule has 182 valence electrons. The van der Waals surface area contributed by atoms with Gasteiger partial charge in [0.15, 0.2) is 5.54 Å². The Morgan fingerprint density at radius 3 is 2.22 bits per heavy atom. The molecular weight excluding hydrogens is 461 g/mol. The molecule has 0 unspecified atom stereocenters. The summed E-state index contributed by atoms with van der Waals surface area (Å²) in [6, 6.07) is 33.3. The van der Waals surface area contributed by atoms with Gasteiger partial charge >= 0.3 is 0 Å². The molecule has 0 saturated carbocycles. The number of hydrogen-bond donors (Lipinski definition) is 1. The van der Waals surface area contributed by atoms with E-state index < -0.39 is 5.54 Å². The molecule has 4 nitrogen and oxygen atoms in total. The molecule has 3 heterocycles. The number of benzene rings is 4. The van der Waals surface area contributed by atoms with Gasteiger partial charge in [-0.05, 0) is 35.2 Å². The molecule has 1 spiro atoms. The minimum absolute atomic E-state index is 0.111. The van der Waals surface area contributed by atoms with Crippen LogP contribution in [-0.2, 0) is 29.8 Å². The van der Waals surface area contributed by atoms with Crippen molar-refractivity contribution < 1.29 is 9.18 Å². The number of H-pyrrole nitrogens is 1. The van der Waals surface area contributed by atoms with E-state index in [-0.39, 0.29) is 11.7 Å². The first-order valence-corrected chi connectivity index (χ1v) is 12.7. The number of halogens is 1. The van der Waals surface area contributed by atoms with E-state index in [1.54, 1.807) is 11.0 Å². The average Bonchev–Trinajstić information content (AvgIpc) is 3.42. The van der Waals surface area contributed by atoms with E-state index in [0.717, 1.165) is 39.7 Å². The molecule has 1 aromatic heterocycles. The second-order valence-electron chi connectivity index (χ2n) is 9.90. The molecule has 4 aromatic carbocycles. The van der Waals surface area contributed by atoms with E-state index >= 15 is 4.39 Å². The van der Waals surface area contributed by atoms with Crippen LogP contribution in [0.2, 0.25) is 0 Å². The largest absolute Gasteiger partial charge is 0.356 e. The number of para-hydroxylation sites is 2. The maximum absolute atomic E-state index is 15.7. The number of nitrogens with one attached hydrogen (secondary N) is 1. The minimum atomic E-state index is -1.14. The maximum Gasteiger partial charge on any atom is 0.258 e. The predicted octanol–water partition coefficient (Wildman–Crippen LogP) is 6.16. The van der Waals surface area contributed by atoms with Gasteiger partial charge in [-0.25, -0.2) is 4.39 Å². The van der Waals surface area contributed by atoms with Crippen LogP contribution < -0.4 is 4.90 Å². The third-order valence-corrected chi connectivity index (χ3v) is 7.88. The number of anilines is 1. The highest BCUT2D eigenvalue weighted by Crippen LogP contribution is 2.53. The van der Waals surface area contributed by atoms with Crippen LogP contribution in [0.4, 0.5) is 10.1 Å². The van der Waals surface area contributed by atoms with Crippen molar-refractivity contribution in [3.8, 4) is 0 Å². The molecule has 2 aliphatic rings. The van der Waals surface area contributed by atoms with Gasteiger partial charge in [0.05, 0.1) is 17.9 Å². The van der Waals surface area contributed by atoms with E-state index in [1.807, 2.05) is 66.7 Å². The molecule has 0 bridgehead atoms. The number of carbonyl (C=O) groups excluding carboxylic acids is 1. The van der Waals surface area contributed by atoms with Crippen LogP contribution in [0.15, 0.2) is 103 Å². The predicted molar refractivity (Wildman–Crippen MR) is 144 cm³/mol. The van der Waals surface area contributed by atoms with Gasteiger partial charge in [0.25, 0.3) is 5.91 Å². The molecule has 0 fully saturated rings. The molecule has 2 aliphatic heterocycles. The van der Waals surface area contributed by atoms with Gasteiger partial charge in [0, 0.05) is 29.6 Å². The fourth-order valence-electron chi connectivity index (χ4n) is 6.30. The van der Waals surface area contributed by atoms with Crippen LogP contribution in [-0.4, -0.2) is 22.3 Å². The smallest absolute Gasteiger partial charge is 0.258 e. The standard InChI is InChI=1S/C32H26FN3O/c33-27-16-9-15-26-29(27)36(21-23-12-5-2-6-13-23)31(37)32(26)30-25(24-14-7-8-17-28(24)34-30)18-19-35(32)20-22-10-3-1-4-11-22/h1-17,34H,18-21H2/t32-/m0/s1. The lowest BCUT2D eigenvalue weighted by molar-refractivity contribution is -0.129. The van der Waals surface area contributed by atoms with E-state index in [0.29, 0.717) is 30.9 Å². The summed E-state index contributed by atoms with van der Waals surface area (Å²) >= 11 is 0. The summed E-state index contributed by atoms with van der Waals surface area (Å²) in [5.74, 6) is -0.485. The highest BCUT2D eigenvalue weighted by atomic mass is 19.1. The Morgan fingerprint density at radius 2 is 1.46 bits per heavy atom. The maximum atomic E-state index is 15.7. The fraction of sp³-hybridized carbons (Fsp3) is 0.156. The third kappa shape index (κ3) is 3.20. The van der Waals surface area contributed by atoms with Crippen molar-refractivity contribution in [1.29, 1.82) is 0 Å². The molecule has 0 aliphatic carbocycles. The molecule has 1 amide bonds. The molecule has 1 atom stereocenters. The summed E-state index contributed by atoms with van der Waals surface area (Å²) < 4.78 is 15.7. The quantitative estimate of drug-likeness (QED) is 0.330. The average molecular weight is 488 g/mol. The number of carbonyl (C=O) groups is 1. The Bertz CT molecular complexity index is 1630. The number of fused-ring (bicyclic) bond motifs is 6. The summed E-state index contributed by atoms with van der Waals surface area (Å²) in [5.41, 5.74) is 5.03. The monoisotopic (exact) mass is 487 g/mol.